The van der Waals surface area contributed by atoms with Gasteiger partial charge in [0.2, 0.25) is 5.88 Å². The van der Waals surface area contributed by atoms with Gasteiger partial charge in [0, 0.05) is 12.7 Å². The Hall–Kier alpha value is -1.62. The Morgan fingerprint density at radius 1 is 1.35 bits per heavy atom. The summed E-state index contributed by atoms with van der Waals surface area (Å²) in [4.78, 5) is 17.0. The van der Waals surface area contributed by atoms with Crippen LogP contribution < -0.4 is 10.1 Å². The molecule has 0 aliphatic heterocycles. The lowest BCUT2D eigenvalue weighted by molar-refractivity contribution is -0.147. The average Bonchev–Trinajstić information content (AvgIpc) is 2.56. The van der Waals surface area contributed by atoms with Crippen molar-refractivity contribution in [2.75, 3.05) is 18.5 Å². The van der Waals surface area contributed by atoms with Crippen LogP contribution >= 0.6 is 0 Å². The van der Waals surface area contributed by atoms with E-state index >= 15 is 0 Å². The summed E-state index contributed by atoms with van der Waals surface area (Å²) in [7, 11) is 0. The van der Waals surface area contributed by atoms with Crippen molar-refractivity contribution in [2.45, 2.75) is 58.5 Å². The molecule has 0 radical (unpaired) electrons. The molecule has 1 aliphatic rings. The maximum absolute atomic E-state index is 12.8. The highest BCUT2D eigenvalue weighted by Crippen LogP contribution is 2.36. The van der Waals surface area contributed by atoms with Gasteiger partial charge >= 0.3 is 0 Å². The molecule has 1 saturated carbocycles. The number of nitrogens with one attached hydrogen (secondary N) is 1. The summed E-state index contributed by atoms with van der Waals surface area (Å²) in [5.74, 6) is 1.17. The van der Waals surface area contributed by atoms with Gasteiger partial charge in [-0.2, -0.15) is 0 Å². The fourth-order valence-electron chi connectivity index (χ4n) is 2.90. The topological polar surface area (TPSA) is 60.5 Å². The number of rotatable bonds is 7. The number of carbonyl (C=O) groups is 1. The summed E-state index contributed by atoms with van der Waals surface area (Å²) in [5, 5.41) is 2.96. The molecule has 2 rings (SSSR count). The first-order valence-electron chi connectivity index (χ1n) is 8.64. The maximum Gasteiger partial charge on any atom is 0.256 e. The highest BCUT2D eigenvalue weighted by Gasteiger charge is 2.42. The van der Waals surface area contributed by atoms with E-state index in [0.29, 0.717) is 30.7 Å². The van der Waals surface area contributed by atoms with Gasteiger partial charge in [-0.25, -0.2) is 4.98 Å². The Morgan fingerprint density at radius 3 is 2.65 bits per heavy atom. The normalized spacial score (nSPS) is 24.2. The Kier molecular flexibility index (Phi) is 6.39. The first-order valence-corrected chi connectivity index (χ1v) is 8.64. The summed E-state index contributed by atoms with van der Waals surface area (Å²) >= 11 is 0. The third kappa shape index (κ3) is 4.67. The van der Waals surface area contributed by atoms with Crippen molar-refractivity contribution in [3.63, 3.8) is 0 Å². The van der Waals surface area contributed by atoms with E-state index in [-0.39, 0.29) is 5.91 Å². The second-order valence-electron chi connectivity index (χ2n) is 6.30. The zero-order valence-corrected chi connectivity index (χ0v) is 14.4. The Bertz CT molecular complexity index is 488. The Morgan fingerprint density at radius 2 is 2.09 bits per heavy atom. The van der Waals surface area contributed by atoms with E-state index in [1.807, 2.05) is 13.0 Å². The number of pyridine rings is 1. The van der Waals surface area contributed by atoms with Crippen LogP contribution in [0.1, 0.15) is 52.9 Å². The molecule has 1 aromatic heterocycles. The third-order valence-electron chi connectivity index (χ3n) is 4.36. The van der Waals surface area contributed by atoms with Crippen LogP contribution in [0.5, 0.6) is 5.88 Å². The van der Waals surface area contributed by atoms with Gasteiger partial charge in [0.1, 0.15) is 5.60 Å². The van der Waals surface area contributed by atoms with Crippen molar-refractivity contribution in [2.24, 2.45) is 5.92 Å². The molecule has 0 spiro atoms. The molecule has 1 heterocycles. The lowest BCUT2D eigenvalue weighted by atomic mass is 9.78. The molecule has 0 bridgehead atoms. The number of anilines is 1. The predicted molar refractivity (Wildman–Crippen MR) is 90.6 cm³/mol. The van der Waals surface area contributed by atoms with Crippen LogP contribution in [0.3, 0.4) is 0 Å². The van der Waals surface area contributed by atoms with Gasteiger partial charge in [-0.1, -0.05) is 13.8 Å². The molecule has 0 aromatic carbocycles. The number of amides is 1. The molecule has 5 heteroatoms. The molecule has 0 atom stereocenters. The SMILES string of the molecule is CCCOC1(C(=O)Nc2ccc(OCC)nc2)CCC(C)CC1. The first kappa shape index (κ1) is 17.7. The van der Waals surface area contributed by atoms with Crippen LogP contribution in [0.2, 0.25) is 0 Å². The molecule has 0 unspecified atom stereocenters. The summed E-state index contributed by atoms with van der Waals surface area (Å²) in [6.07, 6.45) is 6.16. The van der Waals surface area contributed by atoms with Crippen molar-refractivity contribution in [1.82, 2.24) is 4.98 Å². The van der Waals surface area contributed by atoms with Crippen LogP contribution in [0, 0.1) is 5.92 Å². The zero-order valence-electron chi connectivity index (χ0n) is 14.4. The number of nitrogens with zero attached hydrogens (tertiary/aromatic N) is 1. The summed E-state index contributed by atoms with van der Waals surface area (Å²) < 4.78 is 11.3. The quantitative estimate of drug-likeness (QED) is 0.830. The molecule has 0 saturated heterocycles. The Balaban J connectivity index is 2.04. The van der Waals surface area contributed by atoms with Crippen molar-refractivity contribution in [1.29, 1.82) is 0 Å². The lowest BCUT2D eigenvalue weighted by Gasteiger charge is -2.37. The number of hydrogen-bond acceptors (Lipinski definition) is 4. The van der Waals surface area contributed by atoms with Gasteiger partial charge in [0.25, 0.3) is 5.91 Å². The average molecular weight is 320 g/mol. The van der Waals surface area contributed by atoms with E-state index in [1.165, 1.54) is 0 Å². The summed E-state index contributed by atoms with van der Waals surface area (Å²) in [5.41, 5.74) is -0.0160. The first-order chi connectivity index (χ1) is 11.1. The van der Waals surface area contributed by atoms with E-state index in [4.69, 9.17) is 9.47 Å². The molecule has 1 aromatic rings. The molecular weight excluding hydrogens is 292 g/mol. The summed E-state index contributed by atoms with van der Waals surface area (Å²) in [6, 6.07) is 3.58. The van der Waals surface area contributed by atoms with Gasteiger partial charge in [-0.15, -0.1) is 0 Å². The van der Waals surface area contributed by atoms with Gasteiger partial charge in [-0.05, 0) is 51.0 Å². The van der Waals surface area contributed by atoms with Gasteiger partial charge < -0.3 is 14.8 Å². The number of hydrogen-bond donors (Lipinski definition) is 1. The predicted octanol–water partition coefficient (Wildman–Crippen LogP) is 3.79. The van der Waals surface area contributed by atoms with Crippen molar-refractivity contribution in [3.8, 4) is 5.88 Å². The lowest BCUT2D eigenvalue weighted by Crippen LogP contribution is -2.48. The molecule has 23 heavy (non-hydrogen) atoms. The minimum absolute atomic E-state index is 0.0520. The van der Waals surface area contributed by atoms with Crippen LogP contribution in [0.25, 0.3) is 0 Å². The fourth-order valence-corrected chi connectivity index (χ4v) is 2.90. The fraction of sp³-hybridized carbons (Fsp3) is 0.667. The second kappa shape index (κ2) is 8.29. The molecule has 5 nitrogen and oxygen atoms in total. The second-order valence-corrected chi connectivity index (χ2v) is 6.30. The zero-order chi connectivity index (χ0) is 16.7. The molecule has 1 fully saturated rings. The largest absolute Gasteiger partial charge is 0.478 e. The maximum atomic E-state index is 12.8. The minimum atomic E-state index is -0.693. The smallest absolute Gasteiger partial charge is 0.256 e. The van der Waals surface area contributed by atoms with E-state index < -0.39 is 5.60 Å². The standard InChI is InChI=1S/C18H28N2O3/c1-4-12-23-18(10-8-14(3)9-11-18)17(21)20-15-6-7-16(19-13-15)22-5-2/h6-7,13-14H,4-5,8-12H2,1-3H3,(H,20,21). The third-order valence-corrected chi connectivity index (χ3v) is 4.36. The van der Waals surface area contributed by atoms with Crippen LogP contribution in [0.4, 0.5) is 5.69 Å². The van der Waals surface area contributed by atoms with E-state index in [9.17, 15) is 4.79 Å². The van der Waals surface area contributed by atoms with Crippen LogP contribution in [-0.2, 0) is 9.53 Å². The minimum Gasteiger partial charge on any atom is -0.478 e. The van der Waals surface area contributed by atoms with E-state index in [0.717, 1.165) is 32.1 Å². The molecule has 1 aliphatic carbocycles. The number of carbonyl (C=O) groups excluding carboxylic acids is 1. The Labute approximate surface area is 138 Å². The van der Waals surface area contributed by atoms with E-state index in [1.54, 1.807) is 12.3 Å². The number of ether oxygens (including phenoxy) is 2. The molecular formula is C18H28N2O3. The van der Waals surface area contributed by atoms with Crippen molar-refractivity contribution < 1.29 is 14.3 Å². The monoisotopic (exact) mass is 320 g/mol. The highest BCUT2D eigenvalue weighted by molar-refractivity contribution is 5.97. The van der Waals surface area contributed by atoms with Crippen LogP contribution in [-0.4, -0.2) is 29.7 Å². The number of aromatic nitrogens is 1. The highest BCUT2D eigenvalue weighted by atomic mass is 16.5. The molecule has 1 amide bonds. The van der Waals surface area contributed by atoms with Gasteiger partial charge in [0.15, 0.2) is 0 Å². The summed E-state index contributed by atoms with van der Waals surface area (Å²) in [6.45, 7) is 7.40. The van der Waals surface area contributed by atoms with Gasteiger partial charge in [-0.3, -0.25) is 4.79 Å². The van der Waals surface area contributed by atoms with Gasteiger partial charge in [0.05, 0.1) is 18.5 Å². The van der Waals surface area contributed by atoms with Crippen molar-refractivity contribution >= 4 is 11.6 Å². The van der Waals surface area contributed by atoms with Crippen molar-refractivity contribution in [3.05, 3.63) is 18.3 Å². The van der Waals surface area contributed by atoms with E-state index in [2.05, 4.69) is 24.1 Å². The molecule has 128 valence electrons. The molecule has 1 N–H and O–H groups in total. The van der Waals surface area contributed by atoms with Crippen LogP contribution in [0.15, 0.2) is 18.3 Å².